The molecule has 1 aromatic heterocycles. The summed E-state index contributed by atoms with van der Waals surface area (Å²) in [5.74, 6) is 0.119. The topological polar surface area (TPSA) is 68.2 Å². The minimum absolute atomic E-state index is 0.119. The smallest absolute Gasteiger partial charge is 0.422 e. The van der Waals surface area contributed by atoms with Crippen molar-refractivity contribution in [3.8, 4) is 5.75 Å². The van der Waals surface area contributed by atoms with Crippen LogP contribution in [0.25, 0.3) is 0 Å². The number of carbonyl (C=O) groups excluding carboxylic acids is 1. The van der Waals surface area contributed by atoms with Gasteiger partial charge in [-0.15, -0.1) is 0 Å². The molecule has 2 rings (SSSR count). The standard InChI is InChI=1S/C15H17F3N4O2/c1-10-5-12(3-4-13(10)24-9-15(16,17)18)21-14(23)19-6-11-7-20-22(2)8-11/h3-5,7-8H,6,9H2,1-2H3,(H2,19,21,23). The zero-order chi connectivity index (χ0) is 17.7. The van der Waals surface area contributed by atoms with Crippen LogP contribution in [-0.2, 0) is 13.6 Å². The van der Waals surface area contributed by atoms with E-state index in [0.29, 0.717) is 17.8 Å². The Morgan fingerprint density at radius 2 is 2.12 bits per heavy atom. The first-order valence-corrected chi connectivity index (χ1v) is 7.05. The molecule has 0 unspecified atom stereocenters. The fourth-order valence-electron chi connectivity index (χ4n) is 1.97. The molecule has 1 aromatic carbocycles. The number of nitrogens with zero attached hydrogens (tertiary/aromatic N) is 2. The van der Waals surface area contributed by atoms with Gasteiger partial charge in [-0.25, -0.2) is 4.79 Å². The normalized spacial score (nSPS) is 11.2. The van der Waals surface area contributed by atoms with Gasteiger partial charge in [-0.1, -0.05) is 0 Å². The van der Waals surface area contributed by atoms with Crippen molar-refractivity contribution in [1.29, 1.82) is 0 Å². The van der Waals surface area contributed by atoms with E-state index >= 15 is 0 Å². The summed E-state index contributed by atoms with van der Waals surface area (Å²) in [7, 11) is 1.77. The third-order valence-electron chi connectivity index (χ3n) is 3.04. The number of hydrogen-bond donors (Lipinski definition) is 2. The van der Waals surface area contributed by atoms with Crippen LogP contribution < -0.4 is 15.4 Å². The third kappa shape index (κ3) is 5.49. The van der Waals surface area contributed by atoms with Crippen LogP contribution in [0.15, 0.2) is 30.6 Å². The molecule has 9 heteroatoms. The van der Waals surface area contributed by atoms with Gasteiger partial charge in [-0.05, 0) is 30.7 Å². The van der Waals surface area contributed by atoms with Crippen LogP contribution in [0.4, 0.5) is 23.7 Å². The molecule has 0 fully saturated rings. The zero-order valence-electron chi connectivity index (χ0n) is 13.1. The number of aromatic nitrogens is 2. The second kappa shape index (κ2) is 7.24. The summed E-state index contributed by atoms with van der Waals surface area (Å²) in [5.41, 5.74) is 1.79. The number of rotatable bonds is 5. The first-order valence-electron chi connectivity index (χ1n) is 7.05. The number of ether oxygens (including phenoxy) is 1. The fraction of sp³-hybridized carbons (Fsp3) is 0.333. The molecule has 0 radical (unpaired) electrons. The third-order valence-corrected chi connectivity index (χ3v) is 3.04. The number of carbonyl (C=O) groups is 1. The average molecular weight is 342 g/mol. The summed E-state index contributed by atoms with van der Waals surface area (Å²) in [5, 5.41) is 9.25. The van der Waals surface area contributed by atoms with Crippen LogP contribution in [0.3, 0.4) is 0 Å². The molecule has 0 aliphatic heterocycles. The number of aryl methyl sites for hydroxylation is 2. The number of hydrogen-bond acceptors (Lipinski definition) is 3. The molecule has 0 saturated heterocycles. The Morgan fingerprint density at radius 3 is 2.71 bits per heavy atom. The Hall–Kier alpha value is -2.71. The van der Waals surface area contributed by atoms with E-state index in [0.717, 1.165) is 5.56 Å². The maximum Gasteiger partial charge on any atom is 0.422 e. The highest BCUT2D eigenvalue weighted by molar-refractivity contribution is 5.89. The van der Waals surface area contributed by atoms with Crippen molar-refractivity contribution in [2.45, 2.75) is 19.6 Å². The number of amides is 2. The van der Waals surface area contributed by atoms with Gasteiger partial charge in [-0.2, -0.15) is 18.3 Å². The van der Waals surface area contributed by atoms with Crippen LogP contribution in [-0.4, -0.2) is 28.6 Å². The predicted molar refractivity (Wildman–Crippen MR) is 81.8 cm³/mol. The molecule has 0 saturated carbocycles. The molecule has 6 nitrogen and oxygen atoms in total. The highest BCUT2D eigenvalue weighted by atomic mass is 19.4. The Bertz CT molecular complexity index is 713. The SMILES string of the molecule is Cc1cc(NC(=O)NCc2cnn(C)c2)ccc1OCC(F)(F)F. The second-order valence-corrected chi connectivity index (χ2v) is 5.21. The lowest BCUT2D eigenvalue weighted by molar-refractivity contribution is -0.153. The van der Waals surface area contributed by atoms with E-state index in [9.17, 15) is 18.0 Å². The molecule has 2 aromatic rings. The van der Waals surface area contributed by atoms with E-state index < -0.39 is 18.8 Å². The maximum atomic E-state index is 12.2. The number of nitrogens with one attached hydrogen (secondary N) is 2. The molecular formula is C15H17F3N4O2. The number of halogens is 3. The molecule has 24 heavy (non-hydrogen) atoms. The van der Waals surface area contributed by atoms with Gasteiger partial charge >= 0.3 is 12.2 Å². The van der Waals surface area contributed by atoms with Crippen molar-refractivity contribution in [1.82, 2.24) is 15.1 Å². The van der Waals surface area contributed by atoms with Crippen LogP contribution in [0.2, 0.25) is 0 Å². The van der Waals surface area contributed by atoms with Gasteiger partial charge in [0.25, 0.3) is 0 Å². The molecule has 2 N–H and O–H groups in total. The predicted octanol–water partition coefficient (Wildman–Crippen LogP) is 2.99. The average Bonchev–Trinajstić information content (AvgIpc) is 2.89. The molecule has 130 valence electrons. The van der Waals surface area contributed by atoms with Gasteiger partial charge < -0.3 is 15.4 Å². The molecule has 0 aliphatic carbocycles. The Kier molecular flexibility index (Phi) is 5.32. The van der Waals surface area contributed by atoms with Gasteiger partial charge in [0.1, 0.15) is 5.75 Å². The molecule has 0 spiro atoms. The first kappa shape index (κ1) is 17.6. The number of alkyl halides is 3. The van der Waals surface area contributed by atoms with Crippen LogP contribution in [0.5, 0.6) is 5.75 Å². The van der Waals surface area contributed by atoms with E-state index in [4.69, 9.17) is 4.74 Å². The van der Waals surface area contributed by atoms with Crippen molar-refractivity contribution in [2.24, 2.45) is 7.05 Å². The quantitative estimate of drug-likeness (QED) is 0.878. The van der Waals surface area contributed by atoms with Crippen molar-refractivity contribution in [3.05, 3.63) is 41.7 Å². The van der Waals surface area contributed by atoms with Gasteiger partial charge in [-0.3, -0.25) is 4.68 Å². The summed E-state index contributed by atoms with van der Waals surface area (Å²) >= 11 is 0. The molecular weight excluding hydrogens is 325 g/mol. The summed E-state index contributed by atoms with van der Waals surface area (Å²) in [6.45, 7) is 0.558. The van der Waals surface area contributed by atoms with Gasteiger partial charge in [0.15, 0.2) is 6.61 Å². The van der Waals surface area contributed by atoms with E-state index in [1.165, 1.54) is 18.2 Å². The number of benzene rings is 1. The number of urea groups is 1. The van der Waals surface area contributed by atoms with Crippen molar-refractivity contribution in [2.75, 3.05) is 11.9 Å². The lowest BCUT2D eigenvalue weighted by Crippen LogP contribution is -2.28. The Labute approximate surface area is 136 Å². The Morgan fingerprint density at radius 1 is 1.38 bits per heavy atom. The molecule has 0 aliphatic rings. The van der Waals surface area contributed by atoms with E-state index in [1.807, 2.05) is 0 Å². The van der Waals surface area contributed by atoms with Crippen LogP contribution in [0, 0.1) is 6.92 Å². The molecule has 2 amide bonds. The van der Waals surface area contributed by atoms with Gasteiger partial charge in [0.05, 0.1) is 6.20 Å². The Balaban J connectivity index is 1.88. The summed E-state index contributed by atoms with van der Waals surface area (Å²) < 4.78 is 42.8. The summed E-state index contributed by atoms with van der Waals surface area (Å²) in [6.07, 6.45) is -0.982. The molecule has 0 atom stereocenters. The first-order chi connectivity index (χ1) is 11.2. The number of anilines is 1. The fourth-order valence-corrected chi connectivity index (χ4v) is 1.97. The summed E-state index contributed by atoms with van der Waals surface area (Å²) in [6, 6.07) is 3.97. The maximum absolute atomic E-state index is 12.2. The largest absolute Gasteiger partial charge is 0.484 e. The lowest BCUT2D eigenvalue weighted by atomic mass is 10.2. The monoisotopic (exact) mass is 342 g/mol. The zero-order valence-corrected chi connectivity index (χ0v) is 13.1. The van der Waals surface area contributed by atoms with Crippen LogP contribution in [0.1, 0.15) is 11.1 Å². The minimum Gasteiger partial charge on any atom is -0.484 e. The highest BCUT2D eigenvalue weighted by Gasteiger charge is 2.28. The van der Waals surface area contributed by atoms with Crippen LogP contribution >= 0.6 is 0 Å². The van der Waals surface area contributed by atoms with Crippen molar-refractivity contribution < 1.29 is 22.7 Å². The van der Waals surface area contributed by atoms with E-state index in [-0.39, 0.29) is 5.75 Å². The van der Waals surface area contributed by atoms with Gasteiger partial charge in [0, 0.05) is 31.0 Å². The highest BCUT2D eigenvalue weighted by Crippen LogP contribution is 2.24. The van der Waals surface area contributed by atoms with Crippen molar-refractivity contribution >= 4 is 11.7 Å². The summed E-state index contributed by atoms with van der Waals surface area (Å²) in [4.78, 5) is 11.8. The lowest BCUT2D eigenvalue weighted by Gasteiger charge is -2.13. The van der Waals surface area contributed by atoms with Crippen molar-refractivity contribution in [3.63, 3.8) is 0 Å². The molecule has 0 bridgehead atoms. The minimum atomic E-state index is -4.39. The van der Waals surface area contributed by atoms with Gasteiger partial charge in [0.2, 0.25) is 0 Å². The molecule has 1 heterocycles. The second-order valence-electron chi connectivity index (χ2n) is 5.21. The van der Waals surface area contributed by atoms with E-state index in [1.54, 1.807) is 31.0 Å². The van der Waals surface area contributed by atoms with E-state index in [2.05, 4.69) is 15.7 Å².